The molecule has 0 aromatic heterocycles. The number of nitrogens with zero attached hydrogens (tertiary/aromatic N) is 1. The van der Waals surface area contributed by atoms with E-state index >= 15 is 0 Å². The zero-order valence-electron chi connectivity index (χ0n) is 9.93. The summed E-state index contributed by atoms with van der Waals surface area (Å²) in [6, 6.07) is 11.0. The van der Waals surface area contributed by atoms with Gasteiger partial charge in [-0.2, -0.15) is 5.26 Å². The van der Waals surface area contributed by atoms with Crippen LogP contribution in [0.1, 0.15) is 15.9 Å². The minimum absolute atomic E-state index is 0.114. The Bertz CT molecular complexity index is 725. The van der Waals surface area contributed by atoms with E-state index in [9.17, 15) is 4.79 Å². The normalized spacial score (nSPS) is 9.85. The van der Waals surface area contributed by atoms with Gasteiger partial charge in [-0.05, 0) is 46.3 Å². The Kier molecular flexibility index (Phi) is 4.28. The molecule has 2 aromatic carbocycles. The van der Waals surface area contributed by atoms with Crippen molar-refractivity contribution < 1.29 is 14.6 Å². The van der Waals surface area contributed by atoms with Crippen LogP contribution in [0.25, 0.3) is 0 Å². The summed E-state index contributed by atoms with van der Waals surface area (Å²) >= 11 is 9.19. The van der Waals surface area contributed by atoms with Crippen molar-refractivity contribution in [1.29, 1.82) is 5.26 Å². The lowest BCUT2D eigenvalue weighted by atomic mass is 10.2. The lowest BCUT2D eigenvalue weighted by molar-refractivity contribution is 0.0696. The molecule has 6 heteroatoms. The van der Waals surface area contributed by atoms with Gasteiger partial charge >= 0.3 is 5.97 Å². The number of aromatic carboxylic acids is 1. The van der Waals surface area contributed by atoms with E-state index in [2.05, 4.69) is 15.9 Å². The molecule has 1 N–H and O–H groups in total. The second kappa shape index (κ2) is 5.95. The van der Waals surface area contributed by atoms with Crippen LogP contribution >= 0.6 is 27.5 Å². The first-order valence-corrected chi connectivity index (χ1v) is 6.58. The molecule has 0 spiro atoms. The van der Waals surface area contributed by atoms with Crippen molar-refractivity contribution in [1.82, 2.24) is 0 Å². The van der Waals surface area contributed by atoms with Gasteiger partial charge in [0.2, 0.25) is 0 Å². The maximum absolute atomic E-state index is 10.9. The Morgan fingerprint density at radius 3 is 2.65 bits per heavy atom. The molecule has 100 valence electrons. The maximum atomic E-state index is 10.9. The minimum atomic E-state index is -1.04. The van der Waals surface area contributed by atoms with E-state index in [-0.39, 0.29) is 10.6 Å². The van der Waals surface area contributed by atoms with Gasteiger partial charge in [0.25, 0.3) is 0 Å². The van der Waals surface area contributed by atoms with Crippen LogP contribution in [-0.4, -0.2) is 11.1 Å². The average molecular weight is 353 g/mol. The summed E-state index contributed by atoms with van der Waals surface area (Å²) in [5.74, 6) is -0.275. The highest BCUT2D eigenvalue weighted by Crippen LogP contribution is 2.32. The van der Waals surface area contributed by atoms with Crippen molar-refractivity contribution in [3.05, 3.63) is 57.0 Å². The van der Waals surface area contributed by atoms with Crippen molar-refractivity contribution in [2.24, 2.45) is 0 Å². The number of hydrogen-bond acceptors (Lipinski definition) is 3. The van der Waals surface area contributed by atoms with Crippen LogP contribution in [0.3, 0.4) is 0 Å². The summed E-state index contributed by atoms with van der Waals surface area (Å²) in [6.07, 6.45) is 0. The fourth-order valence-electron chi connectivity index (χ4n) is 1.49. The molecule has 2 aromatic rings. The fraction of sp³-hybridized carbons (Fsp3) is 0. The molecule has 0 bridgehead atoms. The highest BCUT2D eigenvalue weighted by Gasteiger charge is 2.10. The summed E-state index contributed by atoms with van der Waals surface area (Å²) in [5.41, 5.74) is 0.459. The van der Waals surface area contributed by atoms with Crippen LogP contribution in [0, 0.1) is 11.3 Å². The van der Waals surface area contributed by atoms with Gasteiger partial charge in [-0.15, -0.1) is 0 Å². The number of hydrogen-bond donors (Lipinski definition) is 1. The van der Waals surface area contributed by atoms with E-state index in [1.807, 2.05) is 6.07 Å². The number of carboxylic acids is 1. The summed E-state index contributed by atoms with van der Waals surface area (Å²) in [4.78, 5) is 10.9. The van der Waals surface area contributed by atoms with Gasteiger partial charge < -0.3 is 9.84 Å². The van der Waals surface area contributed by atoms with Crippen LogP contribution in [0.4, 0.5) is 0 Å². The number of benzene rings is 2. The summed E-state index contributed by atoms with van der Waals surface area (Å²) in [7, 11) is 0. The van der Waals surface area contributed by atoms with E-state index in [0.29, 0.717) is 21.5 Å². The SMILES string of the molecule is N#Cc1ccc(Oc2cc(C(=O)O)ccc2Br)cc1Cl. The lowest BCUT2D eigenvalue weighted by Gasteiger charge is -2.09. The van der Waals surface area contributed by atoms with Gasteiger partial charge in [-0.1, -0.05) is 11.6 Å². The van der Waals surface area contributed by atoms with Crippen LogP contribution in [0.5, 0.6) is 11.5 Å². The second-order valence-corrected chi connectivity index (χ2v) is 5.07. The Morgan fingerprint density at radius 1 is 1.30 bits per heavy atom. The highest BCUT2D eigenvalue weighted by molar-refractivity contribution is 9.10. The third-order valence-corrected chi connectivity index (χ3v) is 3.43. The van der Waals surface area contributed by atoms with E-state index in [4.69, 9.17) is 26.7 Å². The lowest BCUT2D eigenvalue weighted by Crippen LogP contribution is -1.97. The van der Waals surface area contributed by atoms with Gasteiger partial charge in [0.15, 0.2) is 0 Å². The van der Waals surface area contributed by atoms with E-state index in [0.717, 1.165) is 0 Å². The molecule has 0 fully saturated rings. The van der Waals surface area contributed by atoms with Gasteiger partial charge in [0, 0.05) is 6.07 Å². The molecule has 0 saturated carbocycles. The number of halogens is 2. The second-order valence-electron chi connectivity index (χ2n) is 3.81. The molecule has 0 aliphatic rings. The van der Waals surface area contributed by atoms with E-state index in [1.54, 1.807) is 12.1 Å². The minimum Gasteiger partial charge on any atom is -0.478 e. The summed E-state index contributed by atoms with van der Waals surface area (Å²) in [5, 5.41) is 18.0. The molecule has 0 amide bonds. The summed E-state index contributed by atoms with van der Waals surface area (Å²) < 4.78 is 6.19. The highest BCUT2D eigenvalue weighted by atomic mass is 79.9. The first kappa shape index (κ1) is 14.4. The molecular formula is C14H7BrClNO3. The molecule has 0 heterocycles. The number of nitriles is 1. The molecule has 20 heavy (non-hydrogen) atoms. The molecule has 0 unspecified atom stereocenters. The van der Waals surface area contributed by atoms with Crippen molar-refractivity contribution in [2.75, 3.05) is 0 Å². The van der Waals surface area contributed by atoms with Gasteiger partial charge in [-0.25, -0.2) is 4.79 Å². The Balaban J connectivity index is 2.35. The van der Waals surface area contributed by atoms with E-state index < -0.39 is 5.97 Å². The topological polar surface area (TPSA) is 70.3 Å². The zero-order chi connectivity index (χ0) is 14.7. The van der Waals surface area contributed by atoms with Gasteiger partial charge in [0.1, 0.15) is 17.6 Å². The van der Waals surface area contributed by atoms with Crippen LogP contribution < -0.4 is 4.74 Å². The third kappa shape index (κ3) is 3.10. The Hall–Kier alpha value is -2.03. The molecule has 0 aliphatic heterocycles. The van der Waals surface area contributed by atoms with E-state index in [1.165, 1.54) is 24.3 Å². The standard InChI is InChI=1S/C14H7BrClNO3/c15-11-4-2-8(14(18)19)5-13(11)20-10-3-1-9(7-17)12(16)6-10/h1-6H,(H,18,19). The number of rotatable bonds is 3. The quantitative estimate of drug-likeness (QED) is 0.885. The third-order valence-electron chi connectivity index (χ3n) is 2.47. The maximum Gasteiger partial charge on any atom is 0.335 e. The predicted octanol–water partition coefficient (Wildman–Crippen LogP) is 4.46. The average Bonchev–Trinajstić information content (AvgIpc) is 2.41. The van der Waals surface area contributed by atoms with Gasteiger partial charge in [0.05, 0.1) is 20.6 Å². The molecular weight excluding hydrogens is 346 g/mol. The molecule has 2 rings (SSSR count). The molecule has 0 aliphatic carbocycles. The van der Waals surface area contributed by atoms with Crippen molar-refractivity contribution in [2.45, 2.75) is 0 Å². The van der Waals surface area contributed by atoms with Crippen molar-refractivity contribution in [3.8, 4) is 17.6 Å². The first-order valence-electron chi connectivity index (χ1n) is 5.41. The number of carboxylic acid groups (broad SMARTS) is 1. The van der Waals surface area contributed by atoms with Crippen LogP contribution in [-0.2, 0) is 0 Å². The smallest absolute Gasteiger partial charge is 0.335 e. The van der Waals surface area contributed by atoms with Crippen LogP contribution in [0.2, 0.25) is 5.02 Å². The number of ether oxygens (including phenoxy) is 1. The molecule has 0 radical (unpaired) electrons. The molecule has 4 nitrogen and oxygen atoms in total. The Morgan fingerprint density at radius 2 is 2.05 bits per heavy atom. The Labute approximate surface area is 128 Å². The zero-order valence-corrected chi connectivity index (χ0v) is 12.3. The molecule has 0 saturated heterocycles. The number of carbonyl (C=O) groups is 1. The first-order chi connectivity index (χ1) is 9.51. The largest absolute Gasteiger partial charge is 0.478 e. The predicted molar refractivity (Wildman–Crippen MR) is 77.3 cm³/mol. The monoisotopic (exact) mass is 351 g/mol. The van der Waals surface area contributed by atoms with Crippen molar-refractivity contribution >= 4 is 33.5 Å². The summed E-state index contributed by atoms with van der Waals surface area (Å²) in [6.45, 7) is 0. The fourth-order valence-corrected chi connectivity index (χ4v) is 2.03. The molecule has 0 atom stereocenters. The van der Waals surface area contributed by atoms with Crippen molar-refractivity contribution in [3.63, 3.8) is 0 Å². The van der Waals surface area contributed by atoms with Gasteiger partial charge in [-0.3, -0.25) is 0 Å². The van der Waals surface area contributed by atoms with Crippen LogP contribution in [0.15, 0.2) is 40.9 Å².